The third kappa shape index (κ3) is 4.71. The van der Waals surface area contributed by atoms with Crippen LogP contribution in [0, 0.1) is 0 Å². The molecule has 21 heavy (non-hydrogen) atoms. The standard InChI is InChI=1S/C14H19F3N2O2/c1-3-18-13(12(20)21,11-7-5-4-6-8-11)9-19(2)10-14(15,16)17/h4-8,18H,3,9-10H2,1-2H3,(H,20,21). The van der Waals surface area contributed by atoms with Gasteiger partial charge in [0, 0.05) is 6.54 Å². The predicted octanol–water partition coefficient (Wildman–Crippen LogP) is 2.07. The van der Waals surface area contributed by atoms with Crippen molar-refractivity contribution in [1.29, 1.82) is 0 Å². The van der Waals surface area contributed by atoms with Crippen LogP contribution in [0.2, 0.25) is 0 Å². The molecule has 118 valence electrons. The Morgan fingerprint density at radius 2 is 1.81 bits per heavy atom. The summed E-state index contributed by atoms with van der Waals surface area (Å²) in [5.74, 6) is -1.20. The van der Waals surface area contributed by atoms with Gasteiger partial charge in [-0.15, -0.1) is 0 Å². The third-order valence-electron chi connectivity index (χ3n) is 3.07. The van der Waals surface area contributed by atoms with Gasteiger partial charge in [-0.2, -0.15) is 13.2 Å². The summed E-state index contributed by atoms with van der Waals surface area (Å²) in [6, 6.07) is 8.24. The number of carbonyl (C=O) groups is 1. The number of hydrogen-bond donors (Lipinski definition) is 2. The minimum Gasteiger partial charge on any atom is -0.480 e. The highest BCUT2D eigenvalue weighted by Gasteiger charge is 2.42. The molecule has 0 radical (unpaired) electrons. The smallest absolute Gasteiger partial charge is 0.401 e. The zero-order valence-corrected chi connectivity index (χ0v) is 11.9. The van der Waals surface area contributed by atoms with Crippen LogP contribution in [0.4, 0.5) is 13.2 Å². The number of nitrogens with one attached hydrogen (secondary N) is 1. The molecule has 0 bridgehead atoms. The first-order valence-corrected chi connectivity index (χ1v) is 6.50. The first-order valence-electron chi connectivity index (χ1n) is 6.50. The number of rotatable bonds is 7. The normalized spacial score (nSPS) is 15.0. The molecule has 0 saturated carbocycles. The molecule has 2 N–H and O–H groups in total. The fourth-order valence-corrected chi connectivity index (χ4v) is 2.31. The van der Waals surface area contributed by atoms with E-state index in [9.17, 15) is 23.1 Å². The molecule has 0 heterocycles. The van der Waals surface area contributed by atoms with Crippen LogP contribution in [-0.4, -0.2) is 48.8 Å². The highest BCUT2D eigenvalue weighted by atomic mass is 19.4. The Kier molecular flexibility index (Phi) is 5.74. The number of nitrogens with zero attached hydrogens (tertiary/aromatic N) is 1. The maximum atomic E-state index is 12.5. The van der Waals surface area contributed by atoms with Gasteiger partial charge in [-0.25, -0.2) is 4.79 Å². The van der Waals surface area contributed by atoms with Gasteiger partial charge in [-0.1, -0.05) is 37.3 Å². The summed E-state index contributed by atoms with van der Waals surface area (Å²) in [6.45, 7) is 0.575. The highest BCUT2D eigenvalue weighted by Crippen LogP contribution is 2.25. The fraction of sp³-hybridized carbons (Fsp3) is 0.500. The lowest BCUT2D eigenvalue weighted by atomic mass is 9.89. The van der Waals surface area contributed by atoms with E-state index >= 15 is 0 Å². The maximum Gasteiger partial charge on any atom is 0.401 e. The number of halogens is 3. The molecule has 0 saturated heterocycles. The second-order valence-corrected chi connectivity index (χ2v) is 4.89. The second-order valence-electron chi connectivity index (χ2n) is 4.89. The number of carboxylic acid groups (broad SMARTS) is 1. The molecule has 0 aliphatic carbocycles. The van der Waals surface area contributed by atoms with Crippen molar-refractivity contribution in [2.75, 3.05) is 26.7 Å². The van der Waals surface area contributed by atoms with Crippen molar-refractivity contribution in [1.82, 2.24) is 10.2 Å². The van der Waals surface area contributed by atoms with Gasteiger partial charge in [0.15, 0.2) is 5.54 Å². The van der Waals surface area contributed by atoms with Crippen molar-refractivity contribution in [3.05, 3.63) is 35.9 Å². The Morgan fingerprint density at radius 1 is 1.24 bits per heavy atom. The summed E-state index contributed by atoms with van der Waals surface area (Å²) < 4.78 is 37.4. The molecule has 1 unspecified atom stereocenters. The van der Waals surface area contributed by atoms with E-state index in [1.54, 1.807) is 37.3 Å². The van der Waals surface area contributed by atoms with Crippen molar-refractivity contribution in [2.24, 2.45) is 0 Å². The summed E-state index contributed by atoms with van der Waals surface area (Å²) in [5, 5.41) is 12.4. The van der Waals surface area contributed by atoms with Crippen molar-refractivity contribution in [3.63, 3.8) is 0 Å². The van der Waals surface area contributed by atoms with Gasteiger partial charge in [0.25, 0.3) is 0 Å². The summed E-state index contributed by atoms with van der Waals surface area (Å²) in [4.78, 5) is 12.7. The Labute approximate surface area is 121 Å². The number of likely N-dealkylation sites (N-methyl/N-ethyl adjacent to an activating group) is 2. The maximum absolute atomic E-state index is 12.5. The van der Waals surface area contributed by atoms with Crippen LogP contribution in [-0.2, 0) is 10.3 Å². The van der Waals surface area contributed by atoms with Gasteiger partial charge in [0.05, 0.1) is 6.54 Å². The molecule has 0 aliphatic rings. The van der Waals surface area contributed by atoms with Gasteiger partial charge >= 0.3 is 12.1 Å². The summed E-state index contributed by atoms with van der Waals surface area (Å²) in [6.07, 6.45) is -4.37. The SMILES string of the molecule is CCNC(CN(C)CC(F)(F)F)(C(=O)O)c1ccccc1. The Balaban J connectivity index is 3.10. The summed E-state index contributed by atoms with van der Waals surface area (Å²) in [7, 11) is 1.26. The Hall–Kier alpha value is -1.60. The largest absolute Gasteiger partial charge is 0.480 e. The van der Waals surface area contributed by atoms with Crippen LogP contribution in [0.1, 0.15) is 12.5 Å². The molecule has 1 aromatic carbocycles. The average Bonchev–Trinajstić information content (AvgIpc) is 2.36. The molecule has 0 aromatic heterocycles. The van der Waals surface area contributed by atoms with Gasteiger partial charge in [0.1, 0.15) is 0 Å². The van der Waals surface area contributed by atoms with Crippen LogP contribution in [0.3, 0.4) is 0 Å². The lowest BCUT2D eigenvalue weighted by Gasteiger charge is -2.35. The van der Waals surface area contributed by atoms with E-state index in [0.717, 1.165) is 4.90 Å². The van der Waals surface area contributed by atoms with E-state index in [2.05, 4.69) is 5.32 Å². The van der Waals surface area contributed by atoms with Crippen LogP contribution < -0.4 is 5.32 Å². The second kappa shape index (κ2) is 6.91. The van der Waals surface area contributed by atoms with Crippen molar-refractivity contribution < 1.29 is 23.1 Å². The van der Waals surface area contributed by atoms with E-state index in [-0.39, 0.29) is 6.54 Å². The molecule has 1 rings (SSSR count). The van der Waals surface area contributed by atoms with Gasteiger partial charge in [-0.3, -0.25) is 10.2 Å². The average molecular weight is 304 g/mol. The topological polar surface area (TPSA) is 52.6 Å². The van der Waals surface area contributed by atoms with E-state index in [1.165, 1.54) is 7.05 Å². The molecule has 1 atom stereocenters. The summed E-state index contributed by atoms with van der Waals surface area (Å²) in [5.41, 5.74) is -1.15. The molecular formula is C14H19F3N2O2. The summed E-state index contributed by atoms with van der Waals surface area (Å²) >= 11 is 0. The van der Waals surface area contributed by atoms with E-state index in [1.807, 2.05) is 0 Å². The van der Waals surface area contributed by atoms with Gasteiger partial charge in [0.2, 0.25) is 0 Å². The van der Waals surface area contributed by atoms with Gasteiger partial charge < -0.3 is 5.11 Å². The Morgan fingerprint density at radius 3 is 2.24 bits per heavy atom. The van der Waals surface area contributed by atoms with E-state index < -0.39 is 24.2 Å². The van der Waals surface area contributed by atoms with Crippen LogP contribution >= 0.6 is 0 Å². The number of alkyl halides is 3. The van der Waals surface area contributed by atoms with Crippen molar-refractivity contribution in [3.8, 4) is 0 Å². The number of benzene rings is 1. The zero-order valence-electron chi connectivity index (χ0n) is 11.9. The molecule has 0 amide bonds. The zero-order chi connectivity index (χ0) is 16.1. The molecular weight excluding hydrogens is 285 g/mol. The Bertz CT molecular complexity index is 465. The van der Waals surface area contributed by atoms with Gasteiger partial charge in [-0.05, 0) is 19.2 Å². The number of hydrogen-bond acceptors (Lipinski definition) is 3. The molecule has 4 nitrogen and oxygen atoms in total. The first-order chi connectivity index (χ1) is 9.71. The highest BCUT2D eigenvalue weighted by molar-refractivity contribution is 5.81. The van der Waals surface area contributed by atoms with Crippen LogP contribution in [0.5, 0.6) is 0 Å². The quantitative estimate of drug-likeness (QED) is 0.810. The van der Waals surface area contributed by atoms with E-state index in [0.29, 0.717) is 12.1 Å². The van der Waals surface area contributed by atoms with Crippen molar-refractivity contribution >= 4 is 5.97 Å². The molecule has 0 spiro atoms. The number of carboxylic acids is 1. The third-order valence-corrected chi connectivity index (χ3v) is 3.07. The van der Waals surface area contributed by atoms with Crippen LogP contribution in [0.15, 0.2) is 30.3 Å². The molecule has 7 heteroatoms. The fourth-order valence-electron chi connectivity index (χ4n) is 2.31. The lowest BCUT2D eigenvalue weighted by Crippen LogP contribution is -2.56. The predicted molar refractivity (Wildman–Crippen MR) is 73.0 cm³/mol. The molecule has 1 aromatic rings. The molecule has 0 aliphatic heterocycles. The van der Waals surface area contributed by atoms with Crippen molar-refractivity contribution in [2.45, 2.75) is 18.6 Å². The lowest BCUT2D eigenvalue weighted by molar-refractivity contribution is -0.155. The molecule has 0 fully saturated rings. The van der Waals surface area contributed by atoms with E-state index in [4.69, 9.17) is 0 Å². The monoisotopic (exact) mass is 304 g/mol. The minimum absolute atomic E-state index is 0.292. The number of aliphatic carboxylic acids is 1. The minimum atomic E-state index is -4.37. The van der Waals surface area contributed by atoms with Crippen LogP contribution in [0.25, 0.3) is 0 Å². The first kappa shape index (κ1) is 17.5.